The number of carbonyl (C=O) groups excluding carboxylic acids is 1. The average Bonchev–Trinajstić information content (AvgIpc) is 2.17. The zero-order valence-electron chi connectivity index (χ0n) is 5.03. The molecule has 0 spiro atoms. The third kappa shape index (κ3) is 2.02. The maximum Gasteiger partial charge on any atom is 0.232 e. The lowest BCUT2D eigenvalue weighted by Gasteiger charge is -1.98. The predicted molar refractivity (Wildman–Crippen MR) is 43.0 cm³/mol. The van der Waals surface area contributed by atoms with Crippen LogP contribution in [0.2, 0.25) is 0 Å². The summed E-state index contributed by atoms with van der Waals surface area (Å²) >= 11 is 2.98. The Morgan fingerprint density at radius 3 is 3.22 bits per heavy atom. The number of thioether (sulfide) groups is 2. The van der Waals surface area contributed by atoms with Gasteiger partial charge in [0, 0.05) is 0 Å². The van der Waals surface area contributed by atoms with Gasteiger partial charge in [0.05, 0.1) is 6.21 Å². The van der Waals surface area contributed by atoms with E-state index in [1.807, 2.05) is 0 Å². The summed E-state index contributed by atoms with van der Waals surface area (Å²) in [7, 11) is 0. The Kier molecular flexibility index (Phi) is 2.60. The quantitative estimate of drug-likeness (QED) is 0.612. The predicted octanol–water partition coefficient (Wildman–Crippen LogP) is 1.37. The average molecular weight is 161 g/mol. The van der Waals surface area contributed by atoms with Crippen molar-refractivity contribution in [2.24, 2.45) is 4.99 Å². The maximum absolute atomic E-state index is 10.5. The van der Waals surface area contributed by atoms with Gasteiger partial charge in [-0.15, -0.1) is 11.8 Å². The molecule has 1 rings (SSSR count). The molecule has 0 fully saturated rings. The first-order chi connectivity index (χ1) is 4.33. The monoisotopic (exact) mass is 161 g/mol. The number of aliphatic imine (C=N–C) groups is 1. The van der Waals surface area contributed by atoms with Crippen molar-refractivity contribution in [2.45, 2.75) is 11.6 Å². The van der Waals surface area contributed by atoms with E-state index in [4.69, 9.17) is 0 Å². The highest BCUT2D eigenvalue weighted by molar-refractivity contribution is 8.26. The maximum atomic E-state index is 10.5. The molecule has 0 aromatic heterocycles. The van der Waals surface area contributed by atoms with E-state index < -0.39 is 0 Å². The van der Waals surface area contributed by atoms with Gasteiger partial charge in [-0.05, 0) is 17.5 Å². The highest BCUT2D eigenvalue weighted by Gasteiger charge is 2.16. The van der Waals surface area contributed by atoms with Crippen LogP contribution >= 0.6 is 23.5 Å². The Hall–Kier alpha value is 0.0400. The van der Waals surface area contributed by atoms with Crippen LogP contribution < -0.4 is 0 Å². The van der Waals surface area contributed by atoms with Gasteiger partial charge >= 0.3 is 0 Å². The van der Waals surface area contributed by atoms with Crippen LogP contribution in [0.1, 0.15) is 6.92 Å². The molecule has 0 aliphatic carbocycles. The summed E-state index contributed by atoms with van der Waals surface area (Å²) in [6, 6.07) is 0. The molecule has 0 bridgehead atoms. The van der Waals surface area contributed by atoms with Gasteiger partial charge in [-0.3, -0.25) is 9.79 Å². The molecule has 0 radical (unpaired) electrons. The highest BCUT2D eigenvalue weighted by Crippen LogP contribution is 2.28. The number of rotatable bonds is 2. The van der Waals surface area contributed by atoms with Gasteiger partial charge in [-0.1, -0.05) is 6.92 Å². The van der Waals surface area contributed by atoms with Crippen molar-refractivity contribution in [3.63, 3.8) is 0 Å². The molecule has 0 amide bonds. The fourth-order valence-electron chi connectivity index (χ4n) is 0.502. The lowest BCUT2D eigenvalue weighted by molar-refractivity contribution is -0.105. The minimum atomic E-state index is 0.0842. The van der Waals surface area contributed by atoms with Crippen molar-refractivity contribution in [3.8, 4) is 0 Å². The van der Waals surface area contributed by atoms with Gasteiger partial charge < -0.3 is 0 Å². The van der Waals surface area contributed by atoms with Crippen molar-refractivity contribution >= 4 is 34.9 Å². The second-order valence-electron chi connectivity index (χ2n) is 1.48. The van der Waals surface area contributed by atoms with Crippen LogP contribution in [0.25, 0.3) is 0 Å². The second-order valence-corrected chi connectivity index (χ2v) is 4.22. The molecular weight excluding hydrogens is 154 g/mol. The largest absolute Gasteiger partial charge is 0.280 e. The Labute approximate surface area is 62.5 Å². The van der Waals surface area contributed by atoms with Crippen LogP contribution in [0.15, 0.2) is 4.99 Å². The number of hydrogen-bond donors (Lipinski definition) is 0. The summed E-state index contributed by atoms with van der Waals surface area (Å²) in [6.45, 7) is 2.06. The first kappa shape index (κ1) is 7.15. The van der Waals surface area contributed by atoms with Crippen molar-refractivity contribution in [2.75, 3.05) is 5.75 Å². The Balaban J connectivity index is 2.32. The van der Waals surface area contributed by atoms with E-state index >= 15 is 0 Å². The molecule has 0 N–H and O–H groups in total. The van der Waals surface area contributed by atoms with Crippen molar-refractivity contribution in [1.82, 2.24) is 0 Å². The Morgan fingerprint density at radius 1 is 2.00 bits per heavy atom. The van der Waals surface area contributed by atoms with Gasteiger partial charge in [-0.25, -0.2) is 0 Å². The van der Waals surface area contributed by atoms with Gasteiger partial charge in [0.1, 0.15) is 4.71 Å². The normalized spacial score (nSPS) is 25.4. The summed E-state index contributed by atoms with van der Waals surface area (Å²) in [5.41, 5.74) is 0. The van der Waals surface area contributed by atoms with Gasteiger partial charge in [0.15, 0.2) is 0 Å². The Bertz CT molecular complexity index is 146. The number of carbonyl (C=O) groups is 1. The summed E-state index contributed by atoms with van der Waals surface area (Å²) in [4.78, 5) is 14.5. The first-order valence-corrected chi connectivity index (χ1v) is 4.61. The zero-order chi connectivity index (χ0) is 6.69. The van der Waals surface area contributed by atoms with E-state index in [0.29, 0.717) is 0 Å². The molecule has 2 nitrogen and oxygen atoms in total. The molecule has 9 heavy (non-hydrogen) atoms. The van der Waals surface area contributed by atoms with Crippen molar-refractivity contribution in [3.05, 3.63) is 0 Å². The molecule has 1 heterocycles. The third-order valence-corrected chi connectivity index (χ3v) is 2.93. The summed E-state index contributed by atoms with van der Waals surface area (Å²) in [6.07, 6.45) is 1.40. The number of hydrogen-bond acceptors (Lipinski definition) is 4. The summed E-state index contributed by atoms with van der Waals surface area (Å²) in [5, 5.41) is 0.0842. The number of nitrogens with zero attached hydrogens (tertiary/aromatic N) is 1. The van der Waals surface area contributed by atoms with E-state index in [0.717, 1.165) is 5.75 Å². The van der Waals surface area contributed by atoms with E-state index in [1.54, 1.807) is 11.8 Å². The lowest BCUT2D eigenvalue weighted by atomic mass is 10.8. The van der Waals surface area contributed by atoms with Crippen LogP contribution in [0.5, 0.6) is 0 Å². The second kappa shape index (κ2) is 3.27. The van der Waals surface area contributed by atoms with Crippen LogP contribution in [0.4, 0.5) is 0 Å². The lowest BCUT2D eigenvalue weighted by Crippen LogP contribution is -1.88. The van der Waals surface area contributed by atoms with E-state index in [9.17, 15) is 4.79 Å². The molecule has 1 aliphatic heterocycles. The van der Waals surface area contributed by atoms with Crippen LogP contribution in [-0.2, 0) is 4.79 Å². The molecule has 0 aromatic carbocycles. The minimum absolute atomic E-state index is 0.0842. The van der Waals surface area contributed by atoms with Gasteiger partial charge in [-0.2, -0.15) is 0 Å². The fraction of sp³-hybridized carbons (Fsp3) is 0.600. The Morgan fingerprint density at radius 2 is 2.78 bits per heavy atom. The van der Waals surface area contributed by atoms with Crippen molar-refractivity contribution in [1.29, 1.82) is 0 Å². The van der Waals surface area contributed by atoms with Crippen LogP contribution in [0, 0.1) is 0 Å². The first-order valence-electron chi connectivity index (χ1n) is 2.68. The molecule has 1 atom stereocenters. The van der Waals surface area contributed by atoms with Crippen molar-refractivity contribution < 1.29 is 4.79 Å². The molecule has 4 heteroatoms. The summed E-state index contributed by atoms with van der Waals surface area (Å²) < 4.78 is 0.141. The SMILES string of the molecule is CCSC1N=CC(=O)S1. The minimum Gasteiger partial charge on any atom is -0.280 e. The van der Waals surface area contributed by atoms with Crippen LogP contribution in [0.3, 0.4) is 0 Å². The van der Waals surface area contributed by atoms with Crippen LogP contribution in [-0.4, -0.2) is 21.8 Å². The smallest absolute Gasteiger partial charge is 0.232 e. The van der Waals surface area contributed by atoms with E-state index in [-0.39, 0.29) is 9.82 Å². The van der Waals surface area contributed by atoms with E-state index in [1.165, 1.54) is 18.0 Å². The molecule has 0 saturated carbocycles. The summed E-state index contributed by atoms with van der Waals surface area (Å²) in [5.74, 6) is 1.02. The fourth-order valence-corrected chi connectivity index (χ4v) is 2.34. The standard InChI is InChI=1S/C5H7NOS2/c1-2-8-5-6-3-4(7)9-5/h3,5H,2H2,1H3. The molecule has 0 saturated heterocycles. The van der Waals surface area contributed by atoms with Gasteiger partial charge in [0.2, 0.25) is 5.12 Å². The molecule has 0 aromatic rings. The topological polar surface area (TPSA) is 29.4 Å². The third-order valence-electron chi connectivity index (χ3n) is 0.828. The molecule has 50 valence electrons. The molecular formula is C5H7NOS2. The zero-order valence-corrected chi connectivity index (χ0v) is 6.67. The van der Waals surface area contributed by atoms with Gasteiger partial charge in [0.25, 0.3) is 0 Å². The van der Waals surface area contributed by atoms with E-state index in [2.05, 4.69) is 11.9 Å². The molecule has 1 unspecified atom stereocenters. The highest BCUT2D eigenvalue weighted by atomic mass is 32.2. The molecule has 1 aliphatic rings.